The Morgan fingerprint density at radius 3 is 2.88 bits per heavy atom. The van der Waals surface area contributed by atoms with Crippen molar-refractivity contribution in [2.24, 2.45) is 5.73 Å². The molecule has 0 bridgehead atoms. The molecule has 134 valence electrons. The van der Waals surface area contributed by atoms with E-state index in [0.29, 0.717) is 17.1 Å². The van der Waals surface area contributed by atoms with Crippen molar-refractivity contribution in [2.45, 2.75) is 25.5 Å². The minimum atomic E-state index is -0.536. The number of anilines is 1. The topological polar surface area (TPSA) is 84.7 Å². The zero-order valence-corrected chi connectivity index (χ0v) is 15.4. The number of nitrogens with one attached hydrogen (secondary N) is 1. The van der Waals surface area contributed by atoms with Crippen molar-refractivity contribution in [3.63, 3.8) is 0 Å². The van der Waals surface area contributed by atoms with Gasteiger partial charge < -0.3 is 15.8 Å². The van der Waals surface area contributed by atoms with E-state index >= 15 is 0 Å². The second kappa shape index (κ2) is 8.57. The molecular weight excluding hydrogens is 358 g/mol. The van der Waals surface area contributed by atoms with Gasteiger partial charge in [0.05, 0.1) is 18.2 Å². The molecule has 0 spiro atoms. The summed E-state index contributed by atoms with van der Waals surface area (Å²) in [6.07, 6.45) is 2.27. The summed E-state index contributed by atoms with van der Waals surface area (Å²) in [5, 5.41) is 7.09. The number of amides is 2. The van der Waals surface area contributed by atoms with Gasteiger partial charge in [0, 0.05) is 24.6 Å². The van der Waals surface area contributed by atoms with Gasteiger partial charge in [-0.1, -0.05) is 6.07 Å². The number of rotatable bonds is 8. The first-order chi connectivity index (χ1) is 12.1. The summed E-state index contributed by atoms with van der Waals surface area (Å²) in [5.74, 6) is -0.689. The van der Waals surface area contributed by atoms with Gasteiger partial charge in [0.15, 0.2) is 0 Å². The summed E-state index contributed by atoms with van der Waals surface area (Å²) >= 11 is 2.97. The van der Waals surface area contributed by atoms with Crippen LogP contribution in [-0.2, 0) is 16.1 Å². The van der Waals surface area contributed by atoms with Crippen molar-refractivity contribution >= 4 is 39.5 Å². The van der Waals surface area contributed by atoms with Crippen LogP contribution in [0.2, 0.25) is 0 Å². The zero-order chi connectivity index (χ0) is 17.6. The standard InChI is InChI=1S/C17H21N3O3S2/c18-16(22)14-5-8-25-17(14)19-15(21)11-20(9-12-3-1-6-23-12)10-13-4-2-7-24-13/h2,4-5,7-8,12H,1,3,6,9-11H2,(H2,18,22)(H,19,21)/t12-/m0/s1. The Balaban J connectivity index is 1.62. The molecule has 1 aliphatic heterocycles. The van der Waals surface area contributed by atoms with Crippen LogP contribution >= 0.6 is 22.7 Å². The van der Waals surface area contributed by atoms with E-state index in [9.17, 15) is 9.59 Å². The van der Waals surface area contributed by atoms with E-state index in [1.165, 1.54) is 16.2 Å². The summed E-state index contributed by atoms with van der Waals surface area (Å²) in [7, 11) is 0. The lowest BCUT2D eigenvalue weighted by atomic mass is 10.2. The monoisotopic (exact) mass is 379 g/mol. The van der Waals surface area contributed by atoms with E-state index in [1.807, 2.05) is 11.4 Å². The first-order valence-corrected chi connectivity index (χ1v) is 9.91. The van der Waals surface area contributed by atoms with Gasteiger partial charge in [-0.25, -0.2) is 0 Å². The zero-order valence-electron chi connectivity index (χ0n) is 13.8. The minimum Gasteiger partial charge on any atom is -0.377 e. The molecule has 0 unspecified atom stereocenters. The van der Waals surface area contributed by atoms with Gasteiger partial charge >= 0.3 is 0 Å². The molecule has 1 fully saturated rings. The third kappa shape index (κ3) is 5.12. The van der Waals surface area contributed by atoms with Gasteiger partial charge in [-0.2, -0.15) is 0 Å². The Morgan fingerprint density at radius 1 is 1.32 bits per heavy atom. The summed E-state index contributed by atoms with van der Waals surface area (Å²) in [5.41, 5.74) is 5.68. The number of nitrogens with zero attached hydrogens (tertiary/aromatic N) is 1. The molecule has 25 heavy (non-hydrogen) atoms. The third-order valence-electron chi connectivity index (χ3n) is 4.00. The van der Waals surface area contributed by atoms with Crippen LogP contribution in [0.3, 0.4) is 0 Å². The molecule has 1 atom stereocenters. The fourth-order valence-electron chi connectivity index (χ4n) is 2.85. The maximum atomic E-state index is 12.5. The molecule has 8 heteroatoms. The van der Waals surface area contributed by atoms with Gasteiger partial charge in [-0.15, -0.1) is 22.7 Å². The molecular formula is C17H21N3O3S2. The van der Waals surface area contributed by atoms with Crippen LogP contribution in [0.25, 0.3) is 0 Å². The predicted molar refractivity (Wildman–Crippen MR) is 100 cm³/mol. The third-order valence-corrected chi connectivity index (χ3v) is 5.69. The number of carbonyl (C=O) groups excluding carboxylic acids is 2. The highest BCUT2D eigenvalue weighted by Gasteiger charge is 2.22. The quantitative estimate of drug-likeness (QED) is 0.738. The van der Waals surface area contributed by atoms with Crippen LogP contribution in [0.4, 0.5) is 5.00 Å². The van der Waals surface area contributed by atoms with Crippen molar-refractivity contribution < 1.29 is 14.3 Å². The largest absolute Gasteiger partial charge is 0.377 e. The molecule has 3 rings (SSSR count). The highest BCUT2D eigenvalue weighted by atomic mass is 32.1. The van der Waals surface area contributed by atoms with E-state index in [2.05, 4.69) is 16.3 Å². The summed E-state index contributed by atoms with van der Waals surface area (Å²) in [6, 6.07) is 5.70. The number of hydrogen-bond donors (Lipinski definition) is 2. The SMILES string of the molecule is NC(=O)c1ccsc1NC(=O)CN(Cc1cccs1)C[C@@H]1CCCO1. The Kier molecular flexibility index (Phi) is 6.19. The van der Waals surface area contributed by atoms with Crippen molar-refractivity contribution in [1.82, 2.24) is 4.90 Å². The Morgan fingerprint density at radius 2 is 2.20 bits per heavy atom. The highest BCUT2D eigenvalue weighted by molar-refractivity contribution is 7.14. The fraction of sp³-hybridized carbons (Fsp3) is 0.412. The van der Waals surface area contributed by atoms with Gasteiger partial charge in [0.25, 0.3) is 5.91 Å². The Hall–Kier alpha value is -1.74. The van der Waals surface area contributed by atoms with Crippen LogP contribution < -0.4 is 11.1 Å². The minimum absolute atomic E-state index is 0.153. The van der Waals surface area contributed by atoms with E-state index in [0.717, 1.165) is 26.0 Å². The molecule has 1 saturated heterocycles. The maximum Gasteiger partial charge on any atom is 0.251 e. The number of ether oxygens (including phenoxy) is 1. The second-order valence-electron chi connectivity index (χ2n) is 5.96. The first-order valence-electron chi connectivity index (χ1n) is 8.15. The first kappa shape index (κ1) is 18.1. The van der Waals surface area contributed by atoms with E-state index in [-0.39, 0.29) is 18.6 Å². The van der Waals surface area contributed by atoms with Gasteiger partial charge in [0.2, 0.25) is 5.91 Å². The fourth-order valence-corrected chi connectivity index (χ4v) is 4.41. The van der Waals surface area contributed by atoms with Crippen LogP contribution in [0.15, 0.2) is 29.0 Å². The molecule has 3 N–H and O–H groups in total. The second-order valence-corrected chi connectivity index (χ2v) is 7.91. The number of primary amides is 1. The predicted octanol–water partition coefficient (Wildman–Crippen LogP) is 2.53. The lowest BCUT2D eigenvalue weighted by molar-refractivity contribution is -0.117. The van der Waals surface area contributed by atoms with E-state index in [1.54, 1.807) is 22.8 Å². The number of thiophene rings is 2. The molecule has 0 aromatic carbocycles. The average Bonchev–Trinajstić information content (AvgIpc) is 3.28. The number of hydrogen-bond acceptors (Lipinski definition) is 6. The van der Waals surface area contributed by atoms with E-state index in [4.69, 9.17) is 10.5 Å². The molecule has 0 radical (unpaired) electrons. The van der Waals surface area contributed by atoms with Crippen molar-refractivity contribution in [2.75, 3.05) is 25.0 Å². The maximum absolute atomic E-state index is 12.5. The summed E-state index contributed by atoms with van der Waals surface area (Å²) < 4.78 is 5.71. The van der Waals surface area contributed by atoms with Gasteiger partial charge in [-0.05, 0) is 35.7 Å². The normalized spacial score (nSPS) is 17.1. The molecule has 1 aliphatic rings. The van der Waals surface area contributed by atoms with Gasteiger partial charge in [-0.3, -0.25) is 14.5 Å². The Bertz CT molecular complexity index is 709. The van der Waals surface area contributed by atoms with Crippen molar-refractivity contribution in [3.8, 4) is 0 Å². The number of nitrogens with two attached hydrogens (primary N) is 1. The molecule has 6 nitrogen and oxygen atoms in total. The molecule has 2 aromatic heterocycles. The van der Waals surface area contributed by atoms with Crippen molar-refractivity contribution in [3.05, 3.63) is 39.4 Å². The van der Waals surface area contributed by atoms with Crippen LogP contribution in [0, 0.1) is 0 Å². The molecule has 0 saturated carbocycles. The van der Waals surface area contributed by atoms with Crippen LogP contribution in [0.1, 0.15) is 28.1 Å². The van der Waals surface area contributed by atoms with Gasteiger partial charge in [0.1, 0.15) is 5.00 Å². The molecule has 0 aliphatic carbocycles. The summed E-state index contributed by atoms with van der Waals surface area (Å²) in [4.78, 5) is 27.1. The number of carbonyl (C=O) groups is 2. The summed E-state index contributed by atoms with van der Waals surface area (Å²) in [6.45, 7) is 2.46. The highest BCUT2D eigenvalue weighted by Crippen LogP contribution is 2.23. The molecule has 2 amide bonds. The lowest BCUT2D eigenvalue weighted by Crippen LogP contribution is -2.37. The molecule has 3 heterocycles. The smallest absolute Gasteiger partial charge is 0.251 e. The van der Waals surface area contributed by atoms with E-state index < -0.39 is 5.91 Å². The lowest BCUT2D eigenvalue weighted by Gasteiger charge is -2.24. The Labute approximate surface area is 154 Å². The van der Waals surface area contributed by atoms with Crippen molar-refractivity contribution in [1.29, 1.82) is 0 Å². The molecule has 2 aromatic rings. The average molecular weight is 380 g/mol. The van der Waals surface area contributed by atoms with Crippen LogP contribution in [-0.4, -0.2) is 42.5 Å². The van der Waals surface area contributed by atoms with Crippen LogP contribution in [0.5, 0.6) is 0 Å².